The summed E-state index contributed by atoms with van der Waals surface area (Å²) in [6.45, 7) is 8.56. The van der Waals surface area contributed by atoms with Gasteiger partial charge in [-0.15, -0.1) is 0 Å². The monoisotopic (exact) mass is 250 g/mol. The van der Waals surface area contributed by atoms with Gasteiger partial charge in [0.15, 0.2) is 0 Å². The van der Waals surface area contributed by atoms with Gasteiger partial charge in [-0.05, 0) is 52.9 Å². The van der Waals surface area contributed by atoms with Crippen LogP contribution < -0.4 is 0 Å². The molecule has 0 unspecified atom stereocenters. The van der Waals surface area contributed by atoms with Gasteiger partial charge in [0.25, 0.3) is 0 Å². The zero-order chi connectivity index (χ0) is 13.0. The number of carbonyl (C=O) groups is 1. The number of rotatable bonds is 0. The van der Waals surface area contributed by atoms with Crippen molar-refractivity contribution in [3.05, 3.63) is 0 Å². The summed E-state index contributed by atoms with van der Waals surface area (Å²) in [6, 6.07) is 0. The number of hydrogen-bond donors (Lipinski definition) is 0. The summed E-state index contributed by atoms with van der Waals surface area (Å²) in [5, 5.41) is 0. The highest BCUT2D eigenvalue weighted by Crippen LogP contribution is 2.71. The molecule has 4 rings (SSSR count). The maximum absolute atomic E-state index is 12.7. The second-order valence-electron chi connectivity index (χ2n) is 7.65. The van der Waals surface area contributed by atoms with Crippen LogP contribution >= 0.6 is 0 Å². The zero-order valence-corrected chi connectivity index (χ0v) is 11.7. The molecule has 2 saturated heterocycles. The molecular formula is C15H22O3. The number of carbonyl (C=O) groups excluding carboxylic acids is 1. The Bertz CT molecular complexity index is 457. The molecule has 2 heterocycles. The van der Waals surface area contributed by atoms with Gasteiger partial charge in [0.05, 0.1) is 17.1 Å². The number of hydrogen-bond acceptors (Lipinski definition) is 3. The van der Waals surface area contributed by atoms with Gasteiger partial charge in [0, 0.05) is 6.42 Å². The van der Waals surface area contributed by atoms with Crippen molar-refractivity contribution in [2.75, 3.05) is 0 Å². The molecule has 2 saturated carbocycles. The molecule has 3 nitrogen and oxygen atoms in total. The molecule has 5 atom stereocenters. The van der Waals surface area contributed by atoms with Crippen molar-refractivity contribution in [2.24, 2.45) is 11.3 Å². The van der Waals surface area contributed by atoms with Crippen LogP contribution in [0.5, 0.6) is 0 Å². The highest BCUT2D eigenvalue weighted by molar-refractivity contribution is 5.88. The van der Waals surface area contributed by atoms with Crippen LogP contribution in [0.15, 0.2) is 0 Å². The SMILES string of the molecule is CC1(C)O[C@]23C[C@H]1CC(=O)[C@]2(C)CC[C@H]1O[C@]13C. The minimum atomic E-state index is -0.369. The average molecular weight is 250 g/mol. The summed E-state index contributed by atoms with van der Waals surface area (Å²) in [5.74, 6) is 0.761. The molecule has 0 aromatic carbocycles. The first kappa shape index (κ1) is 11.4. The molecule has 2 aliphatic carbocycles. The van der Waals surface area contributed by atoms with E-state index in [0.29, 0.717) is 24.2 Å². The van der Waals surface area contributed by atoms with Crippen LogP contribution in [0, 0.1) is 11.3 Å². The van der Waals surface area contributed by atoms with Gasteiger partial charge >= 0.3 is 0 Å². The molecule has 0 aromatic heterocycles. The normalized spacial score (nSPS) is 60.1. The second-order valence-corrected chi connectivity index (χ2v) is 7.65. The summed E-state index contributed by atoms with van der Waals surface area (Å²) in [6.07, 6.45) is 3.93. The number of ketones is 1. The van der Waals surface area contributed by atoms with E-state index in [4.69, 9.17) is 9.47 Å². The molecule has 4 fully saturated rings. The summed E-state index contributed by atoms with van der Waals surface area (Å²) in [4.78, 5) is 12.7. The standard InChI is InChI=1S/C15H22O3/c1-12(2)9-7-10(16)13(3)6-5-11-14(4,17-11)15(13,8-9)18-12/h9,11H,5-8H2,1-4H3/t9-,11-,13+,14-,15-/m1/s1. The quantitative estimate of drug-likeness (QED) is 0.620. The summed E-state index contributed by atoms with van der Waals surface area (Å²) in [7, 11) is 0. The Morgan fingerprint density at radius 3 is 2.67 bits per heavy atom. The van der Waals surface area contributed by atoms with E-state index in [0.717, 1.165) is 19.3 Å². The molecule has 18 heavy (non-hydrogen) atoms. The number of Topliss-reactive ketones (excluding diaryl/α,β-unsaturated/α-hetero) is 1. The Morgan fingerprint density at radius 1 is 1.22 bits per heavy atom. The summed E-state index contributed by atoms with van der Waals surface area (Å²) in [5.41, 5.74) is -1.11. The van der Waals surface area contributed by atoms with Crippen LogP contribution in [0.3, 0.4) is 0 Å². The first-order valence-corrected chi connectivity index (χ1v) is 7.16. The van der Waals surface area contributed by atoms with Crippen molar-refractivity contribution in [1.29, 1.82) is 0 Å². The van der Waals surface area contributed by atoms with Crippen LogP contribution in [-0.2, 0) is 14.3 Å². The van der Waals surface area contributed by atoms with Gasteiger partial charge in [-0.1, -0.05) is 0 Å². The maximum Gasteiger partial charge on any atom is 0.142 e. The molecule has 4 aliphatic rings. The van der Waals surface area contributed by atoms with Crippen molar-refractivity contribution in [2.45, 2.75) is 76.3 Å². The van der Waals surface area contributed by atoms with Crippen LogP contribution in [0.1, 0.15) is 53.4 Å². The van der Waals surface area contributed by atoms with Gasteiger partial charge in [-0.3, -0.25) is 4.79 Å². The molecule has 0 radical (unpaired) electrons. The third kappa shape index (κ3) is 0.935. The van der Waals surface area contributed by atoms with E-state index in [-0.39, 0.29) is 22.2 Å². The highest BCUT2D eigenvalue weighted by Gasteiger charge is 2.81. The van der Waals surface area contributed by atoms with E-state index in [2.05, 4.69) is 27.7 Å². The van der Waals surface area contributed by atoms with Gasteiger partial charge < -0.3 is 9.47 Å². The van der Waals surface area contributed by atoms with Gasteiger partial charge in [-0.2, -0.15) is 0 Å². The third-order valence-corrected chi connectivity index (χ3v) is 6.55. The number of fused-ring (bicyclic) bond motifs is 2. The molecular weight excluding hydrogens is 228 g/mol. The molecule has 2 aliphatic heterocycles. The van der Waals surface area contributed by atoms with Gasteiger partial charge in [0.2, 0.25) is 0 Å². The fourth-order valence-corrected chi connectivity index (χ4v) is 5.06. The molecule has 1 spiro atoms. The number of epoxide rings is 1. The van der Waals surface area contributed by atoms with Crippen LogP contribution in [-0.4, -0.2) is 28.7 Å². The highest BCUT2D eigenvalue weighted by atomic mass is 16.7. The van der Waals surface area contributed by atoms with Gasteiger partial charge in [0.1, 0.15) is 17.0 Å². The molecule has 0 amide bonds. The molecule has 2 bridgehead atoms. The Balaban J connectivity index is 1.91. The average Bonchev–Trinajstić information content (AvgIpc) is 2.87. The van der Waals surface area contributed by atoms with E-state index in [9.17, 15) is 4.79 Å². The molecule has 3 heteroatoms. The fraction of sp³-hybridized carbons (Fsp3) is 0.933. The van der Waals surface area contributed by atoms with E-state index < -0.39 is 0 Å². The number of ether oxygens (including phenoxy) is 2. The van der Waals surface area contributed by atoms with E-state index in [1.165, 1.54) is 0 Å². The second kappa shape index (κ2) is 2.71. The third-order valence-electron chi connectivity index (χ3n) is 6.55. The Labute approximate surface area is 108 Å². The topological polar surface area (TPSA) is 38.8 Å². The van der Waals surface area contributed by atoms with Crippen molar-refractivity contribution in [3.63, 3.8) is 0 Å². The van der Waals surface area contributed by atoms with Crippen molar-refractivity contribution in [3.8, 4) is 0 Å². The molecule has 0 N–H and O–H groups in total. The zero-order valence-electron chi connectivity index (χ0n) is 11.7. The Hall–Kier alpha value is -0.410. The van der Waals surface area contributed by atoms with E-state index >= 15 is 0 Å². The van der Waals surface area contributed by atoms with Crippen LogP contribution in [0.2, 0.25) is 0 Å². The lowest BCUT2D eigenvalue weighted by atomic mass is 9.52. The Morgan fingerprint density at radius 2 is 1.94 bits per heavy atom. The lowest BCUT2D eigenvalue weighted by molar-refractivity contribution is -0.191. The van der Waals surface area contributed by atoms with Crippen molar-refractivity contribution >= 4 is 5.78 Å². The lowest BCUT2D eigenvalue weighted by Crippen LogP contribution is -2.64. The molecule has 0 aromatic rings. The molecule has 100 valence electrons. The smallest absolute Gasteiger partial charge is 0.142 e. The first-order chi connectivity index (χ1) is 8.25. The summed E-state index contributed by atoms with van der Waals surface area (Å²) >= 11 is 0. The maximum atomic E-state index is 12.7. The first-order valence-electron chi connectivity index (χ1n) is 7.16. The minimum absolute atomic E-state index is 0.190. The minimum Gasteiger partial charge on any atom is -0.365 e. The predicted octanol–water partition coefficient (Wildman–Crippen LogP) is 2.47. The largest absolute Gasteiger partial charge is 0.365 e. The predicted molar refractivity (Wildman–Crippen MR) is 66.2 cm³/mol. The van der Waals surface area contributed by atoms with Crippen molar-refractivity contribution < 1.29 is 14.3 Å². The van der Waals surface area contributed by atoms with E-state index in [1.807, 2.05) is 0 Å². The Kier molecular flexibility index (Phi) is 1.72. The van der Waals surface area contributed by atoms with Gasteiger partial charge in [-0.25, -0.2) is 0 Å². The van der Waals surface area contributed by atoms with E-state index in [1.54, 1.807) is 0 Å². The fourth-order valence-electron chi connectivity index (χ4n) is 5.06. The van der Waals surface area contributed by atoms with Crippen LogP contribution in [0.4, 0.5) is 0 Å². The van der Waals surface area contributed by atoms with Crippen molar-refractivity contribution in [1.82, 2.24) is 0 Å². The summed E-state index contributed by atoms with van der Waals surface area (Å²) < 4.78 is 12.5. The lowest BCUT2D eigenvalue weighted by Gasteiger charge is -2.52. The van der Waals surface area contributed by atoms with Crippen LogP contribution in [0.25, 0.3) is 0 Å².